The van der Waals surface area contributed by atoms with Crippen LogP contribution in [0, 0.1) is 13.8 Å². The summed E-state index contributed by atoms with van der Waals surface area (Å²) in [6.07, 6.45) is 7.45. The Morgan fingerprint density at radius 1 is 1.06 bits per heavy atom. The minimum absolute atomic E-state index is 0.0194. The standard InChI is InChI=1S/C24H26N6OS/c1-14-15(2)29-30-24-19(14)20-21(32-24)22(27-13-26-20)25-12-16-8-10-17(11-9-16)23(31)28-18-6-4-3-5-7-18/h8-11,13,18H,3-7,12H2,1-2H3,(H,28,31)(H,25,26,27). The molecule has 0 spiro atoms. The molecule has 3 aromatic heterocycles. The number of hydrogen-bond acceptors (Lipinski definition) is 7. The lowest BCUT2D eigenvalue weighted by molar-refractivity contribution is 0.0927. The molecule has 0 radical (unpaired) electrons. The molecule has 0 bridgehead atoms. The molecule has 2 N–H and O–H groups in total. The van der Waals surface area contributed by atoms with Gasteiger partial charge in [0.05, 0.1) is 15.9 Å². The molecule has 0 unspecified atom stereocenters. The zero-order valence-corrected chi connectivity index (χ0v) is 19.1. The Balaban J connectivity index is 1.30. The summed E-state index contributed by atoms with van der Waals surface area (Å²) >= 11 is 1.56. The zero-order chi connectivity index (χ0) is 22.1. The van der Waals surface area contributed by atoms with Crippen molar-refractivity contribution >= 4 is 43.5 Å². The average Bonchev–Trinajstić information content (AvgIpc) is 3.21. The number of hydrogen-bond donors (Lipinski definition) is 2. The first-order chi connectivity index (χ1) is 15.6. The minimum Gasteiger partial charge on any atom is -0.365 e. The number of nitrogens with zero attached hydrogens (tertiary/aromatic N) is 4. The third kappa shape index (κ3) is 4.02. The maximum atomic E-state index is 12.5. The van der Waals surface area contributed by atoms with Gasteiger partial charge in [0.1, 0.15) is 17.0 Å². The van der Waals surface area contributed by atoms with E-state index in [0.29, 0.717) is 18.2 Å². The van der Waals surface area contributed by atoms with Crippen LogP contribution in [0.25, 0.3) is 20.4 Å². The number of benzene rings is 1. The van der Waals surface area contributed by atoms with Crippen LogP contribution >= 0.6 is 11.3 Å². The fourth-order valence-electron chi connectivity index (χ4n) is 4.28. The Bertz CT molecular complexity index is 1280. The highest BCUT2D eigenvalue weighted by atomic mass is 32.1. The summed E-state index contributed by atoms with van der Waals surface area (Å²) in [6.45, 7) is 4.62. The van der Waals surface area contributed by atoms with Crippen LogP contribution in [0.2, 0.25) is 0 Å². The van der Waals surface area contributed by atoms with E-state index >= 15 is 0 Å². The van der Waals surface area contributed by atoms with E-state index in [4.69, 9.17) is 0 Å². The van der Waals surface area contributed by atoms with Gasteiger partial charge in [0.15, 0.2) is 0 Å². The van der Waals surface area contributed by atoms with E-state index in [-0.39, 0.29) is 5.91 Å². The second kappa shape index (κ2) is 8.78. The van der Waals surface area contributed by atoms with Gasteiger partial charge in [-0.3, -0.25) is 4.79 Å². The highest BCUT2D eigenvalue weighted by Gasteiger charge is 2.17. The van der Waals surface area contributed by atoms with E-state index in [1.54, 1.807) is 17.7 Å². The number of carbonyl (C=O) groups excluding carboxylic acids is 1. The summed E-state index contributed by atoms with van der Waals surface area (Å²) in [5.74, 6) is 0.806. The molecule has 3 heterocycles. The highest BCUT2D eigenvalue weighted by molar-refractivity contribution is 7.25. The predicted octanol–water partition coefficient (Wildman–Crippen LogP) is 4.93. The van der Waals surface area contributed by atoms with Gasteiger partial charge in [-0.2, -0.15) is 5.10 Å². The summed E-state index contributed by atoms with van der Waals surface area (Å²) in [4.78, 5) is 22.4. The summed E-state index contributed by atoms with van der Waals surface area (Å²) in [5, 5.41) is 16.2. The lowest BCUT2D eigenvalue weighted by Gasteiger charge is -2.22. The number of anilines is 1. The van der Waals surface area contributed by atoms with E-state index in [1.807, 2.05) is 31.2 Å². The third-order valence-corrected chi connectivity index (χ3v) is 7.35. The molecule has 1 fully saturated rings. The topological polar surface area (TPSA) is 92.7 Å². The lowest BCUT2D eigenvalue weighted by Crippen LogP contribution is -2.36. The van der Waals surface area contributed by atoms with Crippen molar-refractivity contribution < 1.29 is 4.79 Å². The molecule has 4 aromatic rings. The van der Waals surface area contributed by atoms with E-state index < -0.39 is 0 Å². The van der Waals surface area contributed by atoms with Crippen LogP contribution in [0.4, 0.5) is 5.82 Å². The van der Waals surface area contributed by atoms with Crippen LogP contribution < -0.4 is 10.6 Å². The van der Waals surface area contributed by atoms with Gasteiger partial charge in [-0.05, 0) is 49.9 Å². The predicted molar refractivity (Wildman–Crippen MR) is 128 cm³/mol. The van der Waals surface area contributed by atoms with Crippen molar-refractivity contribution in [2.24, 2.45) is 0 Å². The van der Waals surface area contributed by atoms with Crippen LogP contribution in [0.3, 0.4) is 0 Å². The molecule has 8 heteroatoms. The third-order valence-electron chi connectivity index (χ3n) is 6.28. The molecule has 0 aliphatic heterocycles. The molecular formula is C24H26N6OS. The zero-order valence-electron chi connectivity index (χ0n) is 18.3. The van der Waals surface area contributed by atoms with Crippen molar-refractivity contribution in [2.45, 2.75) is 58.5 Å². The van der Waals surface area contributed by atoms with Gasteiger partial charge in [-0.15, -0.1) is 16.4 Å². The SMILES string of the molecule is Cc1nnc2sc3c(NCc4ccc(C(=O)NC5CCCCC5)cc4)ncnc3c2c1C. The van der Waals surface area contributed by atoms with E-state index in [2.05, 4.69) is 37.7 Å². The average molecular weight is 447 g/mol. The van der Waals surface area contributed by atoms with E-state index in [1.165, 1.54) is 19.3 Å². The number of thiophene rings is 1. The number of amides is 1. The van der Waals surface area contributed by atoms with Crippen molar-refractivity contribution in [2.75, 3.05) is 5.32 Å². The van der Waals surface area contributed by atoms with E-state index in [0.717, 1.165) is 55.9 Å². The molecule has 32 heavy (non-hydrogen) atoms. The fraction of sp³-hybridized carbons (Fsp3) is 0.375. The molecule has 0 atom stereocenters. The van der Waals surface area contributed by atoms with Gasteiger partial charge < -0.3 is 10.6 Å². The molecule has 1 aliphatic rings. The van der Waals surface area contributed by atoms with Crippen LogP contribution in [0.5, 0.6) is 0 Å². The summed E-state index contributed by atoms with van der Waals surface area (Å²) < 4.78 is 0.981. The summed E-state index contributed by atoms with van der Waals surface area (Å²) in [5.41, 5.74) is 4.72. The Labute approximate surface area is 190 Å². The normalized spacial score (nSPS) is 14.7. The summed E-state index contributed by atoms with van der Waals surface area (Å²) in [7, 11) is 0. The Kier molecular flexibility index (Phi) is 5.70. The quantitative estimate of drug-likeness (QED) is 0.452. The number of rotatable bonds is 5. The number of fused-ring (bicyclic) bond motifs is 3. The lowest BCUT2D eigenvalue weighted by atomic mass is 9.95. The van der Waals surface area contributed by atoms with Crippen molar-refractivity contribution in [1.29, 1.82) is 0 Å². The van der Waals surface area contributed by atoms with Crippen molar-refractivity contribution in [1.82, 2.24) is 25.5 Å². The van der Waals surface area contributed by atoms with Crippen molar-refractivity contribution in [3.05, 3.63) is 53.0 Å². The number of aryl methyl sites for hydroxylation is 2. The number of nitrogens with one attached hydrogen (secondary N) is 2. The maximum Gasteiger partial charge on any atom is 0.251 e. The smallest absolute Gasteiger partial charge is 0.251 e. The van der Waals surface area contributed by atoms with Gasteiger partial charge in [-0.1, -0.05) is 31.4 Å². The van der Waals surface area contributed by atoms with Crippen LogP contribution in [-0.4, -0.2) is 32.1 Å². The second-order valence-corrected chi connectivity index (χ2v) is 9.45. The number of carbonyl (C=O) groups is 1. The Morgan fingerprint density at radius 2 is 1.84 bits per heavy atom. The molecule has 0 saturated heterocycles. The second-order valence-electron chi connectivity index (χ2n) is 8.45. The maximum absolute atomic E-state index is 12.5. The van der Waals surface area contributed by atoms with Gasteiger partial charge >= 0.3 is 0 Å². The van der Waals surface area contributed by atoms with Gasteiger partial charge in [0.2, 0.25) is 0 Å². The largest absolute Gasteiger partial charge is 0.365 e. The molecule has 1 aliphatic carbocycles. The number of aromatic nitrogens is 4. The first-order valence-corrected chi connectivity index (χ1v) is 11.9. The fourth-order valence-corrected chi connectivity index (χ4v) is 5.38. The Morgan fingerprint density at radius 3 is 2.62 bits per heavy atom. The molecule has 164 valence electrons. The molecule has 1 saturated carbocycles. The van der Waals surface area contributed by atoms with Gasteiger partial charge in [0.25, 0.3) is 5.91 Å². The van der Waals surface area contributed by atoms with Crippen molar-refractivity contribution in [3.8, 4) is 0 Å². The summed E-state index contributed by atoms with van der Waals surface area (Å²) in [6, 6.07) is 8.09. The van der Waals surface area contributed by atoms with Gasteiger partial charge in [0, 0.05) is 23.5 Å². The molecule has 5 rings (SSSR count). The van der Waals surface area contributed by atoms with Gasteiger partial charge in [-0.25, -0.2) is 9.97 Å². The van der Waals surface area contributed by atoms with E-state index in [9.17, 15) is 4.79 Å². The monoisotopic (exact) mass is 446 g/mol. The molecular weight excluding hydrogens is 420 g/mol. The molecule has 1 amide bonds. The molecule has 1 aromatic carbocycles. The minimum atomic E-state index is 0.0194. The first-order valence-electron chi connectivity index (χ1n) is 11.1. The van der Waals surface area contributed by atoms with Crippen LogP contribution in [0.15, 0.2) is 30.6 Å². The van der Waals surface area contributed by atoms with Crippen LogP contribution in [0.1, 0.15) is 59.3 Å². The first kappa shape index (κ1) is 20.8. The molecule has 7 nitrogen and oxygen atoms in total. The highest BCUT2D eigenvalue weighted by Crippen LogP contribution is 2.36. The Hall–Kier alpha value is -3.13. The van der Waals surface area contributed by atoms with Crippen LogP contribution in [-0.2, 0) is 6.54 Å². The van der Waals surface area contributed by atoms with Crippen molar-refractivity contribution in [3.63, 3.8) is 0 Å².